The van der Waals surface area contributed by atoms with Gasteiger partial charge in [-0.15, -0.1) is 0 Å². The highest BCUT2D eigenvalue weighted by Crippen LogP contribution is 2.20. The number of guanidine groups is 1. The summed E-state index contributed by atoms with van der Waals surface area (Å²) in [6.07, 6.45) is 1.56. The molecule has 0 bridgehead atoms. The number of aliphatic hydroxyl groups is 1. The number of hydrogen-bond donors (Lipinski definition) is 17. The van der Waals surface area contributed by atoms with Crippen LogP contribution in [0.25, 0.3) is 0 Å². The van der Waals surface area contributed by atoms with Gasteiger partial charge >= 0.3 is 5.97 Å². The van der Waals surface area contributed by atoms with Gasteiger partial charge in [0.15, 0.2) is 5.96 Å². The van der Waals surface area contributed by atoms with Crippen molar-refractivity contribution in [3.63, 3.8) is 0 Å². The van der Waals surface area contributed by atoms with Crippen LogP contribution in [0.2, 0.25) is 0 Å². The Hall–Kier alpha value is -6.66. The Morgan fingerprint density at radius 1 is 0.761 bits per heavy atom. The molecule has 0 saturated carbocycles. The molecule has 0 aromatic rings. The molecule has 24 N–H and O–H groups in total. The summed E-state index contributed by atoms with van der Waals surface area (Å²) >= 11 is 0. The minimum absolute atomic E-state index is 0.00780. The van der Waals surface area contributed by atoms with Crippen molar-refractivity contribution in [2.45, 2.75) is 133 Å². The Kier molecular flexibility index (Phi) is 29.7. The predicted octanol–water partition coefficient (Wildman–Crippen LogP) is -7.11. The van der Waals surface area contributed by atoms with Crippen LogP contribution in [0.1, 0.15) is 90.4 Å². The van der Waals surface area contributed by atoms with E-state index in [1.165, 1.54) is 13.0 Å². The third-order valence-electron chi connectivity index (χ3n) is 10.8. The number of aliphatic hydroxyl groups excluding tert-OH is 1. The van der Waals surface area contributed by atoms with Crippen LogP contribution >= 0.6 is 0 Å². The molecule has 1 aliphatic heterocycles. The Morgan fingerprint density at radius 2 is 1.39 bits per heavy atom. The molecule has 0 spiro atoms. The zero-order valence-electron chi connectivity index (χ0n) is 40.2. The van der Waals surface area contributed by atoms with Gasteiger partial charge in [-0.1, -0.05) is 12.5 Å². The van der Waals surface area contributed by atoms with E-state index < -0.39 is 127 Å². The number of rotatable bonds is 34. The largest absolute Gasteiger partial charge is 0.477 e. The molecule has 0 unspecified atom stereocenters. The number of likely N-dealkylation sites (tertiary alicyclic amines) is 1. The van der Waals surface area contributed by atoms with Crippen LogP contribution in [0.15, 0.2) is 16.8 Å². The number of amides is 9. The summed E-state index contributed by atoms with van der Waals surface area (Å²) in [5.74, 6) is -9.76. The molecule has 1 fully saturated rings. The van der Waals surface area contributed by atoms with Crippen LogP contribution in [0.4, 0.5) is 0 Å². The molecule has 0 radical (unpaired) electrons. The number of carboxylic acid groups (broad SMARTS) is 1. The van der Waals surface area contributed by atoms with Gasteiger partial charge in [-0.2, -0.15) is 0 Å². The monoisotopic (exact) mass is 1010 g/mol. The van der Waals surface area contributed by atoms with Crippen LogP contribution in [-0.2, 0) is 47.9 Å². The smallest absolute Gasteiger partial charge is 0.352 e. The molecule has 1 aliphatic rings. The average Bonchev–Trinajstić information content (AvgIpc) is 3.82. The number of carbonyl (C=O) groups is 10. The van der Waals surface area contributed by atoms with Crippen molar-refractivity contribution in [3.8, 4) is 0 Å². The number of unbranched alkanes of at least 4 members (excludes halogenated alkanes) is 2. The summed E-state index contributed by atoms with van der Waals surface area (Å²) < 4.78 is 0. The van der Waals surface area contributed by atoms with Crippen LogP contribution in [0.3, 0.4) is 0 Å². The Bertz CT molecular complexity index is 1920. The number of nitrogens with zero attached hydrogens (tertiary/aromatic N) is 2. The first kappa shape index (κ1) is 62.4. The molecule has 29 nitrogen and oxygen atoms in total. The van der Waals surface area contributed by atoms with E-state index >= 15 is 0 Å². The summed E-state index contributed by atoms with van der Waals surface area (Å²) in [6, 6.07) is -7.97. The number of primary amides is 1. The molecule has 7 atom stereocenters. The van der Waals surface area contributed by atoms with Gasteiger partial charge in [0, 0.05) is 26.1 Å². The standard InChI is InChI=1S/C42H75N17O12/c1-23(53-39(68)33(30(60)21-46)58-35(64)24(47)9-2-4-16-43)34(63)52-22-32(62)54-27(11-6-18-45)40(69)59-20-8-13-29(59)38(67)56-26(14-15-31(48)61)37(66)55-25(10-3-5-17-44)36(65)57-28(41(70)71)12-7-19-51-42(49)50/h12,23-26,29-30,33,60H,2-11,13-22,43-47H2,1H3,(H2,48,61)(H,52,63)(H,53,68)(H,55,66)(H,56,67)(H,57,65)(H,58,64)(H,70,71)(H4,49,50,51)/b28-12-,54-27+/t23-,24-,25-,26-,29-,30-,33-/m0/s1. The second kappa shape index (κ2) is 33.8. The van der Waals surface area contributed by atoms with E-state index in [0.29, 0.717) is 38.6 Å². The van der Waals surface area contributed by atoms with Crippen molar-refractivity contribution in [3.05, 3.63) is 11.8 Å². The van der Waals surface area contributed by atoms with E-state index in [4.69, 9.17) is 45.5 Å². The summed E-state index contributed by atoms with van der Waals surface area (Å²) in [6.45, 7) is 0.889. The number of carbonyl (C=O) groups excluding carboxylic acids is 9. The number of aliphatic carboxylic acids is 1. The molecular formula is C42H75N17O12. The second-order valence-electron chi connectivity index (χ2n) is 16.6. The zero-order valence-corrected chi connectivity index (χ0v) is 40.2. The van der Waals surface area contributed by atoms with Crippen molar-refractivity contribution in [1.82, 2.24) is 42.1 Å². The summed E-state index contributed by atoms with van der Waals surface area (Å²) in [7, 11) is 0. The van der Waals surface area contributed by atoms with Crippen molar-refractivity contribution in [2.24, 2.45) is 45.1 Å². The van der Waals surface area contributed by atoms with Crippen molar-refractivity contribution >= 4 is 70.8 Å². The topological polar surface area (TPSA) is 517 Å². The van der Waals surface area contributed by atoms with Crippen molar-refractivity contribution in [2.75, 3.05) is 45.8 Å². The van der Waals surface area contributed by atoms with Crippen LogP contribution in [-0.4, -0.2) is 174 Å². The predicted molar refractivity (Wildman–Crippen MR) is 258 cm³/mol. The molecule has 1 saturated heterocycles. The fourth-order valence-corrected chi connectivity index (χ4v) is 6.87. The van der Waals surface area contributed by atoms with E-state index in [1.54, 1.807) is 0 Å². The van der Waals surface area contributed by atoms with Gasteiger partial charge in [0.1, 0.15) is 41.6 Å². The number of nitrogens with one attached hydrogen (secondary N) is 8. The molecule has 0 aromatic carbocycles. The first-order chi connectivity index (χ1) is 33.6. The molecule has 71 heavy (non-hydrogen) atoms. The zero-order chi connectivity index (χ0) is 53.6. The molecule has 400 valence electrons. The lowest BCUT2D eigenvalue weighted by atomic mass is 10.0. The quantitative estimate of drug-likeness (QED) is 0.0123. The molecular weight excluding hydrogens is 935 g/mol. The number of carboxylic acids is 1. The molecule has 1 rings (SSSR count). The minimum Gasteiger partial charge on any atom is -0.477 e. The Morgan fingerprint density at radius 3 is 1.99 bits per heavy atom. The fourth-order valence-electron chi connectivity index (χ4n) is 6.87. The van der Waals surface area contributed by atoms with Gasteiger partial charge < -0.3 is 92.5 Å². The molecule has 29 heteroatoms. The van der Waals surface area contributed by atoms with Gasteiger partial charge in [0.25, 0.3) is 11.8 Å². The number of nitrogens with two attached hydrogens (primary N) is 7. The average molecular weight is 1010 g/mol. The normalized spacial score (nSPS) is 16.2. The first-order valence-corrected chi connectivity index (χ1v) is 23.4. The van der Waals surface area contributed by atoms with E-state index in [1.807, 2.05) is 0 Å². The summed E-state index contributed by atoms with van der Waals surface area (Å²) in [5.41, 5.74) is 38.0. The highest BCUT2D eigenvalue weighted by atomic mass is 16.4. The molecule has 0 aliphatic carbocycles. The molecule has 0 aromatic heterocycles. The van der Waals surface area contributed by atoms with Gasteiger partial charge in [0.05, 0.1) is 18.7 Å². The lowest BCUT2D eigenvalue weighted by Crippen LogP contribution is -2.60. The Balaban J connectivity index is 3.21. The van der Waals surface area contributed by atoms with Crippen LogP contribution in [0.5, 0.6) is 0 Å². The van der Waals surface area contributed by atoms with Gasteiger partial charge in [-0.25, -0.2) is 9.79 Å². The minimum atomic E-state index is -1.58. The third-order valence-corrected chi connectivity index (χ3v) is 10.8. The Labute approximate surface area is 411 Å². The number of hydrogen-bond acceptors (Lipinski definition) is 17. The maximum absolute atomic E-state index is 14.0. The van der Waals surface area contributed by atoms with Gasteiger partial charge in [-0.05, 0) is 97.2 Å². The van der Waals surface area contributed by atoms with Gasteiger partial charge in [-0.3, -0.25) is 48.6 Å². The van der Waals surface area contributed by atoms with Crippen LogP contribution < -0.4 is 77.4 Å². The number of aliphatic imine (C=N–C) groups is 1. The third kappa shape index (κ3) is 23.7. The highest BCUT2D eigenvalue weighted by molar-refractivity contribution is 6.40. The summed E-state index contributed by atoms with van der Waals surface area (Å²) in [4.78, 5) is 136. The first-order valence-electron chi connectivity index (χ1n) is 23.4. The maximum atomic E-state index is 14.0. The fraction of sp³-hybridized carbons (Fsp3) is 0.667. The lowest BCUT2D eigenvalue weighted by Gasteiger charge is -2.27. The second-order valence-corrected chi connectivity index (χ2v) is 16.6. The molecule has 1 heterocycles. The lowest BCUT2D eigenvalue weighted by molar-refractivity contribution is -0.137. The van der Waals surface area contributed by atoms with Crippen molar-refractivity contribution in [1.29, 1.82) is 5.41 Å². The van der Waals surface area contributed by atoms with E-state index in [9.17, 15) is 58.2 Å². The van der Waals surface area contributed by atoms with Crippen LogP contribution in [0, 0.1) is 5.41 Å². The maximum Gasteiger partial charge on any atom is 0.352 e. The van der Waals surface area contributed by atoms with Gasteiger partial charge in [0.2, 0.25) is 41.4 Å². The van der Waals surface area contributed by atoms with E-state index in [0.717, 1.165) is 4.90 Å². The molecule has 9 amide bonds. The van der Waals surface area contributed by atoms with E-state index in [2.05, 4.69) is 42.2 Å². The SMILES string of the molecule is C[C@H](NC(=O)[C@@H](NC(=O)[C@@H](N)CCCCN)[C@@H](O)CN)C(=O)NCC(=O)/N=C(\CCCN)C(=O)N1CCC[C@H]1C(=O)N[C@@H](CCC(N)=O)C(=O)N[C@@H](CCCCN)C(=O)N/C(=C\CCNC(=N)N)C(=O)O. The highest BCUT2D eigenvalue weighted by Gasteiger charge is 2.38. The summed E-state index contributed by atoms with van der Waals surface area (Å²) in [5, 5.41) is 44.1. The van der Waals surface area contributed by atoms with Crippen molar-refractivity contribution < 1.29 is 58.2 Å². The van der Waals surface area contributed by atoms with E-state index in [-0.39, 0.29) is 82.8 Å².